The summed E-state index contributed by atoms with van der Waals surface area (Å²) in [5.74, 6) is -0.218. The van der Waals surface area contributed by atoms with Gasteiger partial charge in [0.05, 0.1) is 6.61 Å². The summed E-state index contributed by atoms with van der Waals surface area (Å²) < 4.78 is 5.69. The number of hydrogen-bond acceptors (Lipinski definition) is 4. The molecule has 54 heavy (non-hydrogen) atoms. The minimum atomic E-state index is -0.602. The van der Waals surface area contributed by atoms with Crippen molar-refractivity contribution in [1.82, 2.24) is 10.6 Å². The second-order valence-electron chi connectivity index (χ2n) is 16.6. The average Bonchev–Trinajstić information content (AvgIpc) is 3.17. The summed E-state index contributed by atoms with van der Waals surface area (Å²) in [7, 11) is 0. The number of esters is 1. The smallest absolute Gasteiger partial charge is 0.328 e. The molecule has 0 rings (SSSR count). The summed E-state index contributed by atoms with van der Waals surface area (Å²) >= 11 is 0. The van der Waals surface area contributed by atoms with Crippen LogP contribution in [0.25, 0.3) is 0 Å². The summed E-state index contributed by atoms with van der Waals surface area (Å²) in [5.41, 5.74) is 0. The van der Waals surface area contributed by atoms with E-state index in [1.165, 1.54) is 180 Å². The standard InChI is InChI=1S/C48H94N2O4/c1-4-7-10-13-16-19-20-21-22-23-24-25-28-31-34-39-44-54-48(53)45(50-47(52)42-36-33-30-27-18-15-12-9-6-3)40-37-38-43-49-46(51)41-35-32-29-26-17-14-11-8-5-2/h45H,4-44H2,1-3H3,(H,49,51)(H,50,52)/t45-/m0/s1. The van der Waals surface area contributed by atoms with Gasteiger partial charge in [0.2, 0.25) is 11.8 Å². The SMILES string of the molecule is CCCCCCCCCCCCCCCCCCOC(=O)[C@H](CCCCNC(=O)CCCCCCCCCCC)NC(=O)CCCCCCCCCCC. The summed E-state index contributed by atoms with van der Waals surface area (Å²) in [6, 6.07) is -0.602. The molecule has 0 saturated carbocycles. The van der Waals surface area contributed by atoms with Crippen LogP contribution < -0.4 is 10.6 Å². The zero-order chi connectivity index (χ0) is 39.4. The summed E-state index contributed by atoms with van der Waals surface area (Å²) in [6.07, 6.45) is 46.3. The Labute approximate surface area is 337 Å². The molecule has 2 amide bonds. The van der Waals surface area contributed by atoms with Crippen LogP contribution in [0.2, 0.25) is 0 Å². The molecule has 0 radical (unpaired) electrons. The van der Waals surface area contributed by atoms with Gasteiger partial charge in [0.25, 0.3) is 0 Å². The van der Waals surface area contributed by atoms with Gasteiger partial charge in [-0.25, -0.2) is 4.79 Å². The third-order valence-corrected chi connectivity index (χ3v) is 11.1. The molecule has 0 aliphatic heterocycles. The van der Waals surface area contributed by atoms with Gasteiger partial charge in [0.15, 0.2) is 0 Å². The van der Waals surface area contributed by atoms with Crippen LogP contribution in [0.4, 0.5) is 0 Å². The van der Waals surface area contributed by atoms with Gasteiger partial charge in [-0.1, -0.05) is 220 Å². The maximum atomic E-state index is 13.1. The van der Waals surface area contributed by atoms with Gasteiger partial charge in [0, 0.05) is 19.4 Å². The van der Waals surface area contributed by atoms with Crippen molar-refractivity contribution < 1.29 is 19.1 Å². The van der Waals surface area contributed by atoms with Crippen LogP contribution >= 0.6 is 0 Å². The van der Waals surface area contributed by atoms with Crippen molar-refractivity contribution >= 4 is 17.8 Å². The quantitative estimate of drug-likeness (QED) is 0.0478. The molecule has 0 fully saturated rings. The maximum Gasteiger partial charge on any atom is 0.328 e. The highest BCUT2D eigenvalue weighted by Crippen LogP contribution is 2.15. The fraction of sp³-hybridized carbons (Fsp3) is 0.938. The molecule has 0 aliphatic rings. The molecule has 320 valence electrons. The Morgan fingerprint density at radius 3 is 1.11 bits per heavy atom. The van der Waals surface area contributed by atoms with Crippen molar-refractivity contribution in [3.8, 4) is 0 Å². The summed E-state index contributed by atoms with van der Waals surface area (Å²) in [4.78, 5) is 38.2. The van der Waals surface area contributed by atoms with E-state index in [4.69, 9.17) is 4.74 Å². The highest BCUT2D eigenvalue weighted by Gasteiger charge is 2.22. The van der Waals surface area contributed by atoms with Crippen LogP contribution in [0.1, 0.15) is 271 Å². The lowest BCUT2D eigenvalue weighted by Gasteiger charge is -2.18. The van der Waals surface area contributed by atoms with Crippen LogP contribution in [0.5, 0.6) is 0 Å². The number of nitrogens with one attached hydrogen (secondary N) is 2. The summed E-state index contributed by atoms with van der Waals surface area (Å²) in [5, 5.41) is 6.06. The first-order chi connectivity index (χ1) is 26.5. The highest BCUT2D eigenvalue weighted by molar-refractivity contribution is 5.84. The van der Waals surface area contributed by atoms with Gasteiger partial charge in [0.1, 0.15) is 6.04 Å². The fourth-order valence-electron chi connectivity index (χ4n) is 7.42. The minimum absolute atomic E-state index is 0.0448. The van der Waals surface area contributed by atoms with Crippen molar-refractivity contribution in [2.24, 2.45) is 0 Å². The van der Waals surface area contributed by atoms with Gasteiger partial charge in [-0.3, -0.25) is 9.59 Å². The molecule has 1 atom stereocenters. The van der Waals surface area contributed by atoms with Crippen LogP contribution in [-0.4, -0.2) is 37.0 Å². The highest BCUT2D eigenvalue weighted by atomic mass is 16.5. The molecule has 2 N–H and O–H groups in total. The molecule has 0 aromatic heterocycles. The van der Waals surface area contributed by atoms with Gasteiger partial charge in [-0.05, 0) is 38.5 Å². The summed E-state index contributed by atoms with van der Waals surface area (Å²) in [6.45, 7) is 7.82. The van der Waals surface area contributed by atoms with Gasteiger partial charge in [-0.15, -0.1) is 0 Å². The molecule has 0 bridgehead atoms. The van der Waals surface area contributed by atoms with E-state index in [0.717, 1.165) is 51.4 Å². The monoisotopic (exact) mass is 763 g/mol. The van der Waals surface area contributed by atoms with E-state index in [2.05, 4.69) is 31.4 Å². The van der Waals surface area contributed by atoms with Crippen molar-refractivity contribution in [3.05, 3.63) is 0 Å². The van der Waals surface area contributed by atoms with Crippen LogP contribution in [0, 0.1) is 0 Å². The molecule has 6 nitrogen and oxygen atoms in total. The molecule has 6 heteroatoms. The lowest BCUT2D eigenvalue weighted by molar-refractivity contribution is -0.148. The molecule has 0 unspecified atom stereocenters. The van der Waals surface area contributed by atoms with E-state index >= 15 is 0 Å². The number of amides is 2. The number of carbonyl (C=O) groups is 3. The Bertz CT molecular complexity index is 804. The average molecular weight is 763 g/mol. The molecule has 0 aliphatic carbocycles. The molecular formula is C48H94N2O4. The van der Waals surface area contributed by atoms with E-state index in [1.807, 2.05) is 0 Å². The molecule has 0 saturated heterocycles. The van der Waals surface area contributed by atoms with E-state index in [-0.39, 0.29) is 17.8 Å². The number of rotatable bonds is 44. The zero-order valence-electron chi connectivity index (χ0n) is 36.7. The number of carbonyl (C=O) groups excluding carboxylic acids is 3. The second-order valence-corrected chi connectivity index (χ2v) is 16.6. The minimum Gasteiger partial charge on any atom is -0.464 e. The Balaban J connectivity index is 4.24. The Hall–Kier alpha value is -1.59. The lowest BCUT2D eigenvalue weighted by atomic mass is 10.0. The predicted octanol–water partition coefficient (Wildman–Crippen LogP) is 14.4. The van der Waals surface area contributed by atoms with Gasteiger partial charge in [-0.2, -0.15) is 0 Å². The number of hydrogen-bond donors (Lipinski definition) is 2. The van der Waals surface area contributed by atoms with Gasteiger partial charge >= 0.3 is 5.97 Å². The third kappa shape index (κ3) is 40.1. The Kier molecular flexibility index (Phi) is 42.8. The van der Waals surface area contributed by atoms with Crippen LogP contribution in [0.15, 0.2) is 0 Å². The largest absolute Gasteiger partial charge is 0.464 e. The first-order valence-electron chi connectivity index (χ1n) is 24.3. The zero-order valence-corrected chi connectivity index (χ0v) is 36.7. The van der Waals surface area contributed by atoms with Crippen LogP contribution in [-0.2, 0) is 19.1 Å². The second kappa shape index (κ2) is 44.1. The third-order valence-electron chi connectivity index (χ3n) is 11.1. The topological polar surface area (TPSA) is 84.5 Å². The molecule has 0 aromatic rings. The van der Waals surface area contributed by atoms with E-state index in [1.54, 1.807) is 0 Å². The lowest BCUT2D eigenvalue weighted by Crippen LogP contribution is -2.42. The number of unbranched alkanes of at least 4 members (excludes halogenated alkanes) is 32. The van der Waals surface area contributed by atoms with Crippen molar-refractivity contribution in [2.75, 3.05) is 13.2 Å². The Morgan fingerprint density at radius 2 is 0.722 bits per heavy atom. The van der Waals surface area contributed by atoms with Crippen molar-refractivity contribution in [2.45, 2.75) is 277 Å². The van der Waals surface area contributed by atoms with Crippen LogP contribution in [0.3, 0.4) is 0 Å². The first kappa shape index (κ1) is 52.4. The Morgan fingerprint density at radius 1 is 0.389 bits per heavy atom. The molecule has 0 aromatic carbocycles. The molecule has 0 spiro atoms. The molecular weight excluding hydrogens is 669 g/mol. The predicted molar refractivity (Wildman–Crippen MR) is 233 cm³/mol. The maximum absolute atomic E-state index is 13.1. The van der Waals surface area contributed by atoms with E-state index in [9.17, 15) is 14.4 Å². The van der Waals surface area contributed by atoms with E-state index < -0.39 is 6.04 Å². The first-order valence-corrected chi connectivity index (χ1v) is 24.3. The van der Waals surface area contributed by atoms with Gasteiger partial charge < -0.3 is 15.4 Å². The number of ether oxygens (including phenoxy) is 1. The van der Waals surface area contributed by atoms with Crippen molar-refractivity contribution in [1.29, 1.82) is 0 Å². The molecule has 0 heterocycles. The van der Waals surface area contributed by atoms with E-state index in [0.29, 0.717) is 32.4 Å². The van der Waals surface area contributed by atoms with Crippen molar-refractivity contribution in [3.63, 3.8) is 0 Å². The fourth-order valence-corrected chi connectivity index (χ4v) is 7.42. The normalized spacial score (nSPS) is 11.8.